The fraction of sp³-hybridized carbons (Fsp3) is 0.636. The van der Waals surface area contributed by atoms with Crippen LogP contribution >= 0.6 is 11.3 Å². The maximum absolute atomic E-state index is 12.3. The van der Waals surface area contributed by atoms with Crippen molar-refractivity contribution in [2.45, 2.75) is 24.8 Å². The van der Waals surface area contributed by atoms with Gasteiger partial charge in [-0.1, -0.05) is 6.92 Å². The summed E-state index contributed by atoms with van der Waals surface area (Å²) in [5.41, 5.74) is 0. The zero-order chi connectivity index (χ0) is 12.6. The minimum absolute atomic E-state index is 0.222. The second-order valence-corrected chi connectivity index (χ2v) is 7.64. The predicted molar refractivity (Wildman–Crippen MR) is 67.3 cm³/mol. The van der Waals surface area contributed by atoms with Gasteiger partial charge in [-0.3, -0.25) is 0 Å². The molecule has 0 radical (unpaired) electrons. The summed E-state index contributed by atoms with van der Waals surface area (Å²) in [6.45, 7) is 2.49. The summed E-state index contributed by atoms with van der Waals surface area (Å²) >= 11 is 1.27. The Balaban J connectivity index is 2.17. The molecule has 0 saturated heterocycles. The molecule has 4 nitrogen and oxygen atoms in total. The summed E-state index contributed by atoms with van der Waals surface area (Å²) in [5.74, 6) is 1.12. The van der Waals surface area contributed by atoms with Gasteiger partial charge in [0.05, 0.1) is 11.5 Å². The van der Waals surface area contributed by atoms with Crippen molar-refractivity contribution in [1.82, 2.24) is 4.31 Å². The Bertz CT molecular complexity index is 495. The molecule has 1 heterocycles. The second kappa shape index (κ2) is 4.68. The van der Waals surface area contributed by atoms with Crippen LogP contribution < -0.4 is 0 Å². The molecule has 0 bridgehead atoms. The first-order valence-corrected chi connectivity index (χ1v) is 7.92. The topological polar surface area (TPSA) is 57.6 Å². The second-order valence-electron chi connectivity index (χ2n) is 4.62. The van der Waals surface area contributed by atoms with Gasteiger partial charge in [-0.25, -0.2) is 12.7 Å². The number of hydrogen-bond acceptors (Lipinski definition) is 4. The van der Waals surface area contributed by atoms with Crippen LogP contribution in [0, 0.1) is 11.8 Å². The van der Waals surface area contributed by atoms with Crippen molar-refractivity contribution < 1.29 is 13.5 Å². The quantitative estimate of drug-likeness (QED) is 0.886. The summed E-state index contributed by atoms with van der Waals surface area (Å²) < 4.78 is 25.9. The molecule has 0 aliphatic heterocycles. The Morgan fingerprint density at radius 1 is 1.59 bits per heavy atom. The molecule has 2 atom stereocenters. The lowest BCUT2D eigenvalue weighted by atomic mass is 10.3. The van der Waals surface area contributed by atoms with Gasteiger partial charge in [0.2, 0.25) is 10.0 Å². The molecule has 1 fully saturated rings. The third kappa shape index (κ3) is 2.54. The minimum Gasteiger partial charge on any atom is -0.391 e. The maximum atomic E-state index is 12.3. The first kappa shape index (κ1) is 13.0. The van der Waals surface area contributed by atoms with Crippen LogP contribution in [0.25, 0.3) is 0 Å². The number of sulfonamides is 1. The van der Waals surface area contributed by atoms with Gasteiger partial charge in [-0.2, -0.15) is 0 Å². The highest BCUT2D eigenvalue weighted by atomic mass is 32.2. The van der Waals surface area contributed by atoms with Gasteiger partial charge in [0, 0.05) is 18.5 Å². The first-order chi connectivity index (χ1) is 7.96. The van der Waals surface area contributed by atoms with Crippen LogP contribution in [0.15, 0.2) is 16.3 Å². The normalized spacial score (nSPS) is 24.2. The zero-order valence-electron chi connectivity index (χ0n) is 9.96. The van der Waals surface area contributed by atoms with Gasteiger partial charge in [0.1, 0.15) is 0 Å². The lowest BCUT2D eigenvalue weighted by Crippen LogP contribution is -2.29. The summed E-state index contributed by atoms with van der Waals surface area (Å²) in [5, 5.41) is 10.8. The number of aliphatic hydroxyl groups is 1. The van der Waals surface area contributed by atoms with Crippen LogP contribution in [0.5, 0.6) is 0 Å². The predicted octanol–water partition coefficient (Wildman–Crippen LogP) is 1.52. The van der Waals surface area contributed by atoms with Gasteiger partial charge in [-0.15, -0.1) is 11.3 Å². The van der Waals surface area contributed by atoms with Crippen molar-refractivity contribution in [3.8, 4) is 0 Å². The van der Waals surface area contributed by atoms with E-state index in [-0.39, 0.29) is 11.5 Å². The average molecular weight is 275 g/mol. The summed E-state index contributed by atoms with van der Waals surface area (Å²) in [7, 11) is -1.82. The van der Waals surface area contributed by atoms with E-state index in [1.54, 1.807) is 18.5 Å². The number of nitrogens with zero attached hydrogens (tertiary/aromatic N) is 1. The average Bonchev–Trinajstić information content (AvgIpc) is 2.83. The van der Waals surface area contributed by atoms with E-state index in [9.17, 15) is 8.42 Å². The molecule has 0 spiro atoms. The van der Waals surface area contributed by atoms with Crippen molar-refractivity contribution in [3.63, 3.8) is 0 Å². The Morgan fingerprint density at radius 2 is 2.24 bits per heavy atom. The van der Waals surface area contributed by atoms with Crippen LogP contribution in [0.3, 0.4) is 0 Å². The smallest absolute Gasteiger partial charge is 0.244 e. The van der Waals surface area contributed by atoms with Gasteiger partial charge in [0.15, 0.2) is 0 Å². The molecule has 0 aromatic carbocycles. The molecular formula is C11H17NO3S2. The molecule has 2 rings (SSSR count). The largest absolute Gasteiger partial charge is 0.391 e. The van der Waals surface area contributed by atoms with Gasteiger partial charge < -0.3 is 5.11 Å². The minimum atomic E-state index is -3.43. The van der Waals surface area contributed by atoms with E-state index in [0.717, 1.165) is 6.42 Å². The molecule has 1 saturated carbocycles. The van der Waals surface area contributed by atoms with Crippen LogP contribution in [0.1, 0.15) is 18.2 Å². The van der Waals surface area contributed by atoms with E-state index in [1.165, 1.54) is 15.6 Å². The molecule has 1 aromatic rings. The maximum Gasteiger partial charge on any atom is 0.244 e. The SMILES string of the molecule is CC1CC1CN(C)S(=O)(=O)c1ccsc1CO. The molecule has 96 valence electrons. The summed E-state index contributed by atoms with van der Waals surface area (Å²) in [6.07, 6.45) is 1.11. The third-order valence-corrected chi connectivity index (χ3v) is 6.25. The van der Waals surface area contributed by atoms with E-state index in [1.807, 2.05) is 0 Å². The van der Waals surface area contributed by atoms with Crippen molar-refractivity contribution >= 4 is 21.4 Å². The summed E-state index contributed by atoms with van der Waals surface area (Å²) in [4.78, 5) is 0.765. The van der Waals surface area contributed by atoms with Crippen LogP contribution in [0.2, 0.25) is 0 Å². The molecule has 2 unspecified atom stereocenters. The first-order valence-electron chi connectivity index (χ1n) is 5.60. The zero-order valence-corrected chi connectivity index (χ0v) is 11.6. The van der Waals surface area contributed by atoms with Gasteiger partial charge in [-0.05, 0) is 29.7 Å². The van der Waals surface area contributed by atoms with E-state index in [2.05, 4.69) is 6.92 Å². The van der Waals surface area contributed by atoms with Crippen LogP contribution in [-0.4, -0.2) is 31.4 Å². The van der Waals surface area contributed by atoms with Crippen molar-refractivity contribution in [3.05, 3.63) is 16.3 Å². The molecule has 1 aromatic heterocycles. The van der Waals surface area contributed by atoms with Crippen LogP contribution in [-0.2, 0) is 16.6 Å². The fourth-order valence-electron chi connectivity index (χ4n) is 1.92. The fourth-order valence-corrected chi connectivity index (χ4v) is 4.41. The Hall–Kier alpha value is -0.430. The Kier molecular flexibility index (Phi) is 3.58. The van der Waals surface area contributed by atoms with E-state index in [0.29, 0.717) is 23.3 Å². The molecule has 1 aliphatic rings. The lowest BCUT2D eigenvalue weighted by Gasteiger charge is -2.17. The molecule has 6 heteroatoms. The highest BCUT2D eigenvalue weighted by Crippen LogP contribution is 2.39. The third-order valence-electron chi connectivity index (χ3n) is 3.30. The van der Waals surface area contributed by atoms with E-state index < -0.39 is 10.0 Å². The molecule has 1 aliphatic carbocycles. The van der Waals surface area contributed by atoms with Crippen molar-refractivity contribution in [2.75, 3.05) is 13.6 Å². The molecule has 1 N–H and O–H groups in total. The monoisotopic (exact) mass is 275 g/mol. The van der Waals surface area contributed by atoms with Gasteiger partial charge in [0.25, 0.3) is 0 Å². The van der Waals surface area contributed by atoms with Crippen LogP contribution in [0.4, 0.5) is 0 Å². The standard InChI is InChI=1S/C11H17NO3S2/c1-8-5-9(8)6-12(2)17(14,15)11-3-4-16-10(11)7-13/h3-4,8-9,13H,5-7H2,1-2H3. The number of thiophene rings is 1. The highest BCUT2D eigenvalue weighted by Gasteiger charge is 2.36. The Morgan fingerprint density at radius 3 is 2.76 bits per heavy atom. The summed E-state index contributed by atoms with van der Waals surface area (Å²) in [6, 6.07) is 1.57. The Labute approximate surface area is 106 Å². The number of hydrogen-bond donors (Lipinski definition) is 1. The molecule has 0 amide bonds. The van der Waals surface area contributed by atoms with Crippen molar-refractivity contribution in [1.29, 1.82) is 0 Å². The molecular weight excluding hydrogens is 258 g/mol. The van der Waals surface area contributed by atoms with E-state index in [4.69, 9.17) is 5.11 Å². The number of aliphatic hydroxyl groups excluding tert-OH is 1. The lowest BCUT2D eigenvalue weighted by molar-refractivity contribution is 0.282. The molecule has 17 heavy (non-hydrogen) atoms. The van der Waals surface area contributed by atoms with Gasteiger partial charge >= 0.3 is 0 Å². The van der Waals surface area contributed by atoms with Crippen molar-refractivity contribution in [2.24, 2.45) is 11.8 Å². The number of rotatable bonds is 5. The van der Waals surface area contributed by atoms with E-state index >= 15 is 0 Å². The highest BCUT2D eigenvalue weighted by molar-refractivity contribution is 7.89.